The second kappa shape index (κ2) is 6.72. The van der Waals surface area contributed by atoms with Crippen LogP contribution in [0, 0.1) is 6.92 Å². The van der Waals surface area contributed by atoms with E-state index in [4.69, 9.17) is 5.11 Å². The van der Waals surface area contributed by atoms with Crippen molar-refractivity contribution in [3.05, 3.63) is 29.8 Å². The molecule has 1 heterocycles. The Kier molecular flexibility index (Phi) is 4.96. The van der Waals surface area contributed by atoms with Crippen molar-refractivity contribution in [2.24, 2.45) is 0 Å². The number of piperidine rings is 1. The maximum Gasteiger partial charge on any atom is 0.304 e. The van der Waals surface area contributed by atoms with Gasteiger partial charge in [-0.1, -0.05) is 17.7 Å². The number of aliphatic carboxylic acids is 1. The second-order valence-corrected chi connectivity index (χ2v) is 5.61. The molecule has 1 aliphatic heterocycles. The molecule has 1 saturated heterocycles. The molecular weight excluding hydrogens is 268 g/mol. The predicted molar refractivity (Wildman–Crippen MR) is 81.4 cm³/mol. The number of benzene rings is 1. The summed E-state index contributed by atoms with van der Waals surface area (Å²) in [5.41, 5.74) is 2.08. The molecule has 1 aliphatic rings. The largest absolute Gasteiger partial charge is 0.481 e. The highest BCUT2D eigenvalue weighted by molar-refractivity contribution is 5.97. The Hall–Kier alpha value is -1.88. The topological polar surface area (TPSA) is 60.9 Å². The molecule has 2 rings (SSSR count). The molecule has 1 unspecified atom stereocenters. The fraction of sp³-hybridized carbons (Fsp3) is 0.500. The van der Waals surface area contributed by atoms with Gasteiger partial charge in [-0.2, -0.15) is 0 Å². The average Bonchev–Trinajstić information content (AvgIpc) is 2.46. The number of amides is 1. The minimum Gasteiger partial charge on any atom is -0.481 e. The number of aryl methyl sites for hydroxylation is 1. The number of hydrogen-bond acceptors (Lipinski definition) is 3. The van der Waals surface area contributed by atoms with Gasteiger partial charge in [0.05, 0.1) is 12.5 Å². The van der Waals surface area contributed by atoms with E-state index < -0.39 is 5.97 Å². The van der Waals surface area contributed by atoms with Crippen LogP contribution in [0.2, 0.25) is 0 Å². The molecule has 0 bridgehead atoms. The Bertz CT molecular complexity index is 513. The maximum atomic E-state index is 12.6. The zero-order valence-corrected chi connectivity index (χ0v) is 12.6. The van der Waals surface area contributed by atoms with Crippen molar-refractivity contribution in [3.8, 4) is 0 Å². The molecule has 1 aromatic rings. The first-order valence-corrected chi connectivity index (χ1v) is 7.29. The Balaban J connectivity index is 2.07. The monoisotopic (exact) mass is 290 g/mol. The lowest BCUT2D eigenvalue weighted by atomic mass is 10.0. The Morgan fingerprint density at radius 1 is 1.38 bits per heavy atom. The second-order valence-electron chi connectivity index (χ2n) is 5.61. The van der Waals surface area contributed by atoms with Gasteiger partial charge in [0.2, 0.25) is 5.91 Å². The fourth-order valence-corrected chi connectivity index (χ4v) is 2.67. The molecule has 1 aromatic carbocycles. The summed E-state index contributed by atoms with van der Waals surface area (Å²) in [5.74, 6) is -0.765. The quantitative estimate of drug-likeness (QED) is 0.899. The number of nitrogens with zero attached hydrogens (tertiary/aromatic N) is 2. The van der Waals surface area contributed by atoms with Crippen LogP contribution in [0.5, 0.6) is 0 Å². The minimum atomic E-state index is -0.833. The van der Waals surface area contributed by atoms with E-state index in [0.29, 0.717) is 6.54 Å². The average molecular weight is 290 g/mol. The molecule has 1 N–H and O–H groups in total. The van der Waals surface area contributed by atoms with E-state index in [1.807, 2.05) is 48.0 Å². The first-order chi connectivity index (χ1) is 9.99. The van der Waals surface area contributed by atoms with Crippen LogP contribution in [0.4, 0.5) is 5.69 Å². The number of carbonyl (C=O) groups is 2. The number of carbonyl (C=O) groups excluding carboxylic acids is 1. The molecule has 0 saturated carbocycles. The van der Waals surface area contributed by atoms with Crippen LogP contribution in [0.15, 0.2) is 24.3 Å². The lowest BCUT2D eigenvalue weighted by molar-refractivity contribution is -0.138. The number of rotatable bonds is 5. The van der Waals surface area contributed by atoms with Crippen molar-refractivity contribution in [2.45, 2.75) is 32.2 Å². The van der Waals surface area contributed by atoms with Gasteiger partial charge in [0.15, 0.2) is 0 Å². The molecule has 0 spiro atoms. The summed E-state index contributed by atoms with van der Waals surface area (Å²) in [4.78, 5) is 27.0. The summed E-state index contributed by atoms with van der Waals surface area (Å²) in [6.07, 6.45) is 1.78. The molecule has 5 nitrogen and oxygen atoms in total. The summed E-state index contributed by atoms with van der Waals surface area (Å²) >= 11 is 0. The Labute approximate surface area is 125 Å². The molecule has 21 heavy (non-hydrogen) atoms. The van der Waals surface area contributed by atoms with E-state index in [0.717, 1.165) is 25.1 Å². The standard InChI is InChI=1S/C16H22N2O3/c1-12-5-7-13(8-6-12)18-10-3-4-14(16(18)21)17(2)11-9-15(19)20/h5-8,14H,3-4,9-11H2,1-2H3,(H,19,20). The van der Waals surface area contributed by atoms with Gasteiger partial charge in [0.25, 0.3) is 0 Å². The van der Waals surface area contributed by atoms with Gasteiger partial charge in [-0.05, 0) is 38.9 Å². The smallest absolute Gasteiger partial charge is 0.304 e. The highest BCUT2D eigenvalue weighted by Gasteiger charge is 2.32. The minimum absolute atomic E-state index is 0.0603. The van der Waals surface area contributed by atoms with E-state index >= 15 is 0 Å². The normalized spacial score (nSPS) is 19.1. The maximum absolute atomic E-state index is 12.6. The molecule has 114 valence electrons. The van der Waals surface area contributed by atoms with E-state index in [9.17, 15) is 9.59 Å². The molecule has 1 amide bonds. The molecule has 1 fully saturated rings. The van der Waals surface area contributed by atoms with Crippen LogP contribution in [0.1, 0.15) is 24.8 Å². The van der Waals surface area contributed by atoms with Crippen LogP contribution in [-0.2, 0) is 9.59 Å². The number of anilines is 1. The third-order valence-electron chi connectivity index (χ3n) is 3.97. The zero-order valence-electron chi connectivity index (χ0n) is 12.6. The highest BCUT2D eigenvalue weighted by Crippen LogP contribution is 2.23. The molecule has 0 aromatic heterocycles. The predicted octanol–water partition coefficient (Wildman–Crippen LogP) is 1.90. The van der Waals surface area contributed by atoms with Gasteiger partial charge in [0.1, 0.15) is 0 Å². The first kappa shape index (κ1) is 15.5. The molecule has 5 heteroatoms. The number of carboxylic acids is 1. The lowest BCUT2D eigenvalue weighted by Crippen LogP contribution is -2.51. The third kappa shape index (κ3) is 3.82. The van der Waals surface area contributed by atoms with Crippen LogP contribution < -0.4 is 4.90 Å². The van der Waals surface area contributed by atoms with E-state index in [1.54, 1.807) is 0 Å². The SMILES string of the molecule is Cc1ccc(N2CCCC(N(C)CCC(=O)O)C2=O)cc1. The van der Waals surface area contributed by atoms with Crippen molar-refractivity contribution in [3.63, 3.8) is 0 Å². The number of likely N-dealkylation sites (N-methyl/N-ethyl adjacent to an activating group) is 1. The molecular formula is C16H22N2O3. The van der Waals surface area contributed by atoms with Gasteiger partial charge >= 0.3 is 5.97 Å². The van der Waals surface area contributed by atoms with Gasteiger partial charge in [-0.3, -0.25) is 14.5 Å². The van der Waals surface area contributed by atoms with Crippen molar-refractivity contribution in [1.29, 1.82) is 0 Å². The summed E-state index contributed by atoms with van der Waals surface area (Å²) < 4.78 is 0. The molecule has 0 aliphatic carbocycles. The van der Waals surface area contributed by atoms with E-state index in [-0.39, 0.29) is 18.4 Å². The summed E-state index contributed by atoms with van der Waals surface area (Å²) in [6.45, 7) is 3.14. The van der Waals surface area contributed by atoms with Crippen LogP contribution >= 0.6 is 0 Å². The van der Waals surface area contributed by atoms with Crippen molar-refractivity contribution >= 4 is 17.6 Å². The molecule has 0 radical (unpaired) electrons. The summed E-state index contributed by atoms with van der Waals surface area (Å²) in [5, 5.41) is 8.76. The number of carboxylic acid groups (broad SMARTS) is 1. The lowest BCUT2D eigenvalue weighted by Gasteiger charge is -2.36. The van der Waals surface area contributed by atoms with Gasteiger partial charge in [-0.25, -0.2) is 0 Å². The van der Waals surface area contributed by atoms with E-state index in [2.05, 4.69) is 0 Å². The zero-order chi connectivity index (χ0) is 15.4. The van der Waals surface area contributed by atoms with Crippen LogP contribution in [0.25, 0.3) is 0 Å². The molecule has 1 atom stereocenters. The Morgan fingerprint density at radius 3 is 2.67 bits per heavy atom. The van der Waals surface area contributed by atoms with Crippen molar-refractivity contribution in [2.75, 3.05) is 25.0 Å². The van der Waals surface area contributed by atoms with Gasteiger partial charge < -0.3 is 10.0 Å². The third-order valence-corrected chi connectivity index (χ3v) is 3.97. The Morgan fingerprint density at radius 2 is 2.05 bits per heavy atom. The van der Waals surface area contributed by atoms with Crippen molar-refractivity contribution in [1.82, 2.24) is 4.90 Å². The summed E-state index contributed by atoms with van der Waals surface area (Å²) in [7, 11) is 1.82. The highest BCUT2D eigenvalue weighted by atomic mass is 16.4. The van der Waals surface area contributed by atoms with Gasteiger partial charge in [0, 0.05) is 18.8 Å². The van der Waals surface area contributed by atoms with Gasteiger partial charge in [-0.15, -0.1) is 0 Å². The number of hydrogen-bond donors (Lipinski definition) is 1. The van der Waals surface area contributed by atoms with Crippen LogP contribution in [-0.4, -0.2) is 48.1 Å². The first-order valence-electron chi connectivity index (χ1n) is 7.29. The van der Waals surface area contributed by atoms with E-state index in [1.165, 1.54) is 5.56 Å². The van der Waals surface area contributed by atoms with Crippen molar-refractivity contribution < 1.29 is 14.7 Å². The summed E-state index contributed by atoms with van der Waals surface area (Å²) in [6, 6.07) is 7.71. The fourth-order valence-electron chi connectivity index (χ4n) is 2.67. The van der Waals surface area contributed by atoms with Crippen LogP contribution in [0.3, 0.4) is 0 Å².